The van der Waals surface area contributed by atoms with E-state index < -0.39 is 0 Å². The van der Waals surface area contributed by atoms with E-state index in [0.717, 1.165) is 0 Å². The van der Waals surface area contributed by atoms with Crippen LogP contribution in [0, 0.1) is 0 Å². The summed E-state index contributed by atoms with van der Waals surface area (Å²) < 4.78 is 2.51. The van der Waals surface area contributed by atoms with Gasteiger partial charge in [0.2, 0.25) is 0 Å². The Morgan fingerprint density at radius 3 is 1.55 bits per heavy atom. The molecule has 0 bridgehead atoms. The summed E-state index contributed by atoms with van der Waals surface area (Å²) >= 11 is 11.1. The lowest BCUT2D eigenvalue weighted by Gasteiger charge is -2.04. The van der Waals surface area contributed by atoms with E-state index in [1.165, 1.54) is 67.0 Å². The highest BCUT2D eigenvalue weighted by Gasteiger charge is 2.16. The van der Waals surface area contributed by atoms with Crippen LogP contribution < -0.4 is 0 Å². The minimum Gasteiger partial charge on any atom is -0.127 e. The summed E-state index contributed by atoms with van der Waals surface area (Å²) in [4.78, 5) is 2.96. The molecule has 0 fully saturated rings. The first-order valence-electron chi connectivity index (χ1n) is 7.22. The lowest BCUT2D eigenvalue weighted by molar-refractivity contribution is 0.794. The number of hydrogen-bond acceptors (Lipinski definition) is 2. The van der Waals surface area contributed by atoms with Crippen molar-refractivity contribution in [2.24, 2.45) is 0 Å². The van der Waals surface area contributed by atoms with Crippen molar-refractivity contribution < 1.29 is 0 Å². The first kappa shape index (κ1) is 16.7. The molecule has 0 N–H and O–H groups in total. The highest BCUT2D eigenvalue weighted by Crippen LogP contribution is 2.44. The number of thiophene rings is 2. The molecule has 0 aliphatic rings. The highest BCUT2D eigenvalue weighted by molar-refractivity contribution is 9.11. The first-order valence-corrected chi connectivity index (χ1v) is 10.4. The lowest BCUT2D eigenvalue weighted by atomic mass is 10.0. The van der Waals surface area contributed by atoms with Gasteiger partial charge in [-0.15, -0.1) is 22.7 Å². The molecule has 0 nitrogen and oxygen atoms in total. The van der Waals surface area contributed by atoms with Crippen LogP contribution in [0.25, 0.3) is 9.75 Å². The number of hydrogen-bond donors (Lipinski definition) is 0. The van der Waals surface area contributed by atoms with Crippen molar-refractivity contribution in [3.8, 4) is 9.75 Å². The second-order valence-electron chi connectivity index (χ2n) is 5.02. The molecular formula is C16H20Br2S2. The Morgan fingerprint density at radius 1 is 0.800 bits per heavy atom. The second-order valence-corrected chi connectivity index (χ2v) is 9.88. The fraction of sp³-hybridized carbons (Fsp3) is 0.500. The normalized spacial score (nSPS) is 11.2. The molecule has 110 valence electrons. The van der Waals surface area contributed by atoms with Crippen molar-refractivity contribution in [2.45, 2.75) is 52.4 Å². The SMILES string of the molecule is CCCCc1cc(Br)sc1-c1sc(Br)cc1CCCC. The third-order valence-corrected chi connectivity index (χ3v) is 6.89. The van der Waals surface area contributed by atoms with Gasteiger partial charge in [-0.3, -0.25) is 0 Å². The minimum absolute atomic E-state index is 1.19. The maximum atomic E-state index is 3.67. The molecule has 0 aromatic carbocycles. The molecular weight excluding hydrogens is 416 g/mol. The van der Waals surface area contributed by atoms with Gasteiger partial charge in [-0.2, -0.15) is 0 Å². The van der Waals surface area contributed by atoms with E-state index in [4.69, 9.17) is 0 Å². The van der Waals surface area contributed by atoms with Gasteiger partial charge in [0.1, 0.15) is 0 Å². The smallest absolute Gasteiger partial charge is 0.0708 e. The van der Waals surface area contributed by atoms with Gasteiger partial charge < -0.3 is 0 Å². The molecule has 0 amide bonds. The Balaban J connectivity index is 2.34. The molecule has 0 atom stereocenters. The summed E-state index contributed by atoms with van der Waals surface area (Å²) in [7, 11) is 0. The quantitative estimate of drug-likeness (QED) is 0.418. The van der Waals surface area contributed by atoms with E-state index in [9.17, 15) is 0 Å². The summed E-state index contributed by atoms with van der Waals surface area (Å²) in [6, 6.07) is 4.62. The second kappa shape index (κ2) is 8.11. The largest absolute Gasteiger partial charge is 0.127 e. The van der Waals surface area contributed by atoms with Crippen LogP contribution in [0.3, 0.4) is 0 Å². The summed E-state index contributed by atoms with van der Waals surface area (Å²) in [6.07, 6.45) is 7.43. The van der Waals surface area contributed by atoms with Crippen LogP contribution in [0.4, 0.5) is 0 Å². The Labute approximate surface area is 146 Å². The first-order chi connectivity index (χ1) is 9.65. The highest BCUT2D eigenvalue weighted by atomic mass is 79.9. The monoisotopic (exact) mass is 434 g/mol. The van der Waals surface area contributed by atoms with Gasteiger partial charge in [0.25, 0.3) is 0 Å². The van der Waals surface area contributed by atoms with Gasteiger partial charge in [-0.1, -0.05) is 26.7 Å². The van der Waals surface area contributed by atoms with Crippen molar-refractivity contribution in [3.05, 3.63) is 30.8 Å². The number of rotatable bonds is 7. The number of halogens is 2. The van der Waals surface area contributed by atoms with Crippen molar-refractivity contribution in [2.75, 3.05) is 0 Å². The average molecular weight is 436 g/mol. The fourth-order valence-electron chi connectivity index (χ4n) is 2.28. The van der Waals surface area contributed by atoms with Crippen LogP contribution >= 0.6 is 54.5 Å². The molecule has 0 unspecified atom stereocenters. The minimum atomic E-state index is 1.19. The molecule has 2 aromatic rings. The molecule has 2 rings (SSSR count). The Bertz CT molecular complexity index is 505. The predicted molar refractivity (Wildman–Crippen MR) is 100 cm³/mol. The maximum absolute atomic E-state index is 3.67. The molecule has 0 spiro atoms. The Morgan fingerprint density at radius 2 is 1.20 bits per heavy atom. The summed E-state index contributed by atoms with van der Waals surface area (Å²) in [5, 5.41) is 0. The van der Waals surface area contributed by atoms with E-state index in [1.54, 1.807) is 0 Å². The van der Waals surface area contributed by atoms with Gasteiger partial charge in [-0.25, -0.2) is 0 Å². The number of aryl methyl sites for hydroxylation is 2. The summed E-state index contributed by atoms with van der Waals surface area (Å²) in [5.74, 6) is 0. The summed E-state index contributed by atoms with van der Waals surface area (Å²) in [5.41, 5.74) is 3.02. The van der Waals surface area contributed by atoms with Gasteiger partial charge in [0.15, 0.2) is 0 Å². The molecule has 4 heteroatoms. The third-order valence-electron chi connectivity index (χ3n) is 3.36. The molecule has 2 heterocycles. The van der Waals surface area contributed by atoms with Crippen molar-refractivity contribution in [1.29, 1.82) is 0 Å². The molecule has 0 aliphatic carbocycles. The van der Waals surface area contributed by atoms with Crippen molar-refractivity contribution in [3.63, 3.8) is 0 Å². The van der Waals surface area contributed by atoms with Gasteiger partial charge in [0, 0.05) is 9.75 Å². The van der Waals surface area contributed by atoms with Gasteiger partial charge >= 0.3 is 0 Å². The summed E-state index contributed by atoms with van der Waals surface area (Å²) in [6.45, 7) is 4.52. The predicted octanol–water partition coefficient (Wildman–Crippen LogP) is 7.69. The zero-order chi connectivity index (χ0) is 14.5. The zero-order valence-electron chi connectivity index (χ0n) is 12.0. The van der Waals surface area contributed by atoms with Crippen LogP contribution in [-0.2, 0) is 12.8 Å². The maximum Gasteiger partial charge on any atom is 0.0708 e. The zero-order valence-corrected chi connectivity index (χ0v) is 16.8. The molecule has 20 heavy (non-hydrogen) atoms. The average Bonchev–Trinajstić information content (AvgIpc) is 2.96. The van der Waals surface area contributed by atoms with Crippen LogP contribution in [0.15, 0.2) is 19.7 Å². The van der Waals surface area contributed by atoms with Crippen LogP contribution in [0.5, 0.6) is 0 Å². The lowest BCUT2D eigenvalue weighted by Crippen LogP contribution is -1.87. The van der Waals surface area contributed by atoms with Crippen molar-refractivity contribution in [1.82, 2.24) is 0 Å². The number of unbranched alkanes of at least 4 members (excludes halogenated alkanes) is 2. The topological polar surface area (TPSA) is 0 Å². The van der Waals surface area contributed by atoms with Crippen LogP contribution in [0.2, 0.25) is 0 Å². The molecule has 0 saturated heterocycles. The van der Waals surface area contributed by atoms with E-state index in [1.807, 2.05) is 22.7 Å². The third kappa shape index (κ3) is 4.19. The Hall–Kier alpha value is 0.360. The standard InChI is InChI=1S/C16H20Br2S2/c1-3-5-7-11-9-13(17)19-15(11)16-12(8-6-4-2)10-14(18)20-16/h9-10H,3-8H2,1-2H3. The molecule has 2 aromatic heterocycles. The van der Waals surface area contributed by atoms with E-state index in [2.05, 4.69) is 57.8 Å². The van der Waals surface area contributed by atoms with Gasteiger partial charge in [0.05, 0.1) is 7.57 Å². The molecule has 0 aliphatic heterocycles. The van der Waals surface area contributed by atoms with E-state index in [0.29, 0.717) is 0 Å². The Kier molecular flexibility index (Phi) is 6.79. The molecule has 0 radical (unpaired) electrons. The van der Waals surface area contributed by atoms with Crippen LogP contribution in [-0.4, -0.2) is 0 Å². The fourth-order valence-corrected chi connectivity index (χ4v) is 5.88. The van der Waals surface area contributed by atoms with E-state index in [-0.39, 0.29) is 0 Å². The van der Waals surface area contributed by atoms with Crippen LogP contribution in [0.1, 0.15) is 50.7 Å². The van der Waals surface area contributed by atoms with Gasteiger partial charge in [-0.05, 0) is 80.8 Å². The molecule has 0 saturated carbocycles. The van der Waals surface area contributed by atoms with Crippen molar-refractivity contribution >= 4 is 54.5 Å². The van der Waals surface area contributed by atoms with E-state index >= 15 is 0 Å².